The van der Waals surface area contributed by atoms with Gasteiger partial charge in [0, 0.05) is 22.1 Å². The highest BCUT2D eigenvalue weighted by Gasteiger charge is 2.25. The summed E-state index contributed by atoms with van der Waals surface area (Å²) in [6, 6.07) is 18.5. The van der Waals surface area contributed by atoms with Crippen LogP contribution in [-0.4, -0.2) is 41.9 Å². The van der Waals surface area contributed by atoms with Gasteiger partial charge in [0.25, 0.3) is 5.91 Å². The van der Waals surface area contributed by atoms with Crippen molar-refractivity contribution in [2.45, 2.75) is 12.5 Å². The van der Waals surface area contributed by atoms with Gasteiger partial charge in [-0.3, -0.25) is 4.79 Å². The molecule has 7 heteroatoms. The van der Waals surface area contributed by atoms with Crippen LogP contribution in [0, 0.1) is 0 Å². The first-order valence-corrected chi connectivity index (χ1v) is 11.2. The van der Waals surface area contributed by atoms with Gasteiger partial charge in [-0.2, -0.15) is 0 Å². The molecule has 5 rings (SSSR count). The molecule has 2 heterocycles. The van der Waals surface area contributed by atoms with Crippen LogP contribution in [0.2, 0.25) is 5.02 Å². The molecule has 0 saturated carbocycles. The number of hydrogen-bond donors (Lipinski definition) is 3. The summed E-state index contributed by atoms with van der Waals surface area (Å²) in [7, 11) is 0. The normalized spacial score (nSPS) is 13.6. The first-order chi connectivity index (χ1) is 16.1. The summed E-state index contributed by atoms with van der Waals surface area (Å²) in [4.78, 5) is 16.6. The maximum Gasteiger partial charge on any atom is 0.255 e. The minimum Gasteiger partial charge on any atom is -0.486 e. The van der Waals surface area contributed by atoms with Crippen molar-refractivity contribution in [1.82, 2.24) is 10.3 Å². The predicted molar refractivity (Wildman–Crippen MR) is 128 cm³/mol. The minimum absolute atomic E-state index is 0.196. The van der Waals surface area contributed by atoms with E-state index in [4.69, 9.17) is 21.1 Å². The molecule has 0 saturated heterocycles. The number of aliphatic hydroxyl groups is 1. The highest BCUT2D eigenvalue weighted by Crippen LogP contribution is 2.39. The lowest BCUT2D eigenvalue weighted by atomic mass is 10.00. The number of nitrogens with one attached hydrogen (secondary N) is 2. The van der Waals surface area contributed by atoms with Gasteiger partial charge in [0.05, 0.1) is 18.2 Å². The summed E-state index contributed by atoms with van der Waals surface area (Å²) in [6.45, 7) is 0.578. The Bertz CT molecular complexity index is 1320. The van der Waals surface area contributed by atoms with E-state index in [0.29, 0.717) is 41.7 Å². The molecule has 1 atom stereocenters. The number of fused-ring (bicyclic) bond motifs is 2. The third-order valence-electron chi connectivity index (χ3n) is 5.74. The average molecular weight is 463 g/mol. The van der Waals surface area contributed by atoms with E-state index >= 15 is 0 Å². The van der Waals surface area contributed by atoms with E-state index in [0.717, 1.165) is 27.6 Å². The number of benzene rings is 3. The maximum atomic E-state index is 13.3. The SMILES string of the molecule is O=C(N[C@@H](CO)Cc1c[nH]c2ccccc12)c1cc(-c2cccc(Cl)c2)cc2c1OCCO2. The number of aliphatic hydroxyl groups excluding tert-OH is 1. The molecule has 1 amide bonds. The second-order valence-electron chi connectivity index (χ2n) is 7.97. The van der Waals surface area contributed by atoms with Crippen molar-refractivity contribution in [1.29, 1.82) is 0 Å². The zero-order valence-electron chi connectivity index (χ0n) is 17.8. The molecule has 168 valence electrons. The van der Waals surface area contributed by atoms with E-state index < -0.39 is 6.04 Å². The Hall–Kier alpha value is -3.48. The lowest BCUT2D eigenvalue weighted by Gasteiger charge is -2.23. The number of amides is 1. The van der Waals surface area contributed by atoms with Gasteiger partial charge in [-0.15, -0.1) is 0 Å². The molecule has 1 aromatic heterocycles. The maximum absolute atomic E-state index is 13.3. The van der Waals surface area contributed by atoms with Gasteiger partial charge in [0.2, 0.25) is 0 Å². The molecule has 4 aromatic rings. The second kappa shape index (κ2) is 9.17. The topological polar surface area (TPSA) is 83.6 Å². The number of halogens is 1. The van der Waals surface area contributed by atoms with Crippen LogP contribution < -0.4 is 14.8 Å². The molecule has 6 nitrogen and oxygen atoms in total. The molecule has 0 bridgehead atoms. The first kappa shape index (κ1) is 21.4. The Kier molecular flexibility index (Phi) is 5.94. The largest absolute Gasteiger partial charge is 0.486 e. The highest BCUT2D eigenvalue weighted by molar-refractivity contribution is 6.30. The number of hydrogen-bond acceptors (Lipinski definition) is 4. The standard InChI is InChI=1S/C26H23ClN2O4/c27-19-5-3-4-16(10-19)17-12-22(25-24(13-17)32-8-9-33-25)26(31)29-20(15-30)11-18-14-28-23-7-2-1-6-21(18)23/h1-7,10,12-14,20,28,30H,8-9,11,15H2,(H,29,31)/t20-/m1/s1. The van der Waals surface area contributed by atoms with Crippen molar-refractivity contribution >= 4 is 28.4 Å². The first-order valence-electron chi connectivity index (χ1n) is 10.8. The Morgan fingerprint density at radius 2 is 1.91 bits per heavy atom. The fraction of sp³-hybridized carbons (Fsp3) is 0.192. The lowest BCUT2D eigenvalue weighted by molar-refractivity contribution is 0.0906. The summed E-state index contributed by atoms with van der Waals surface area (Å²) < 4.78 is 11.6. The van der Waals surface area contributed by atoms with Gasteiger partial charge in [-0.05, 0) is 53.4 Å². The van der Waals surface area contributed by atoms with Crippen LogP contribution in [0.3, 0.4) is 0 Å². The number of para-hydroxylation sites is 1. The van der Waals surface area contributed by atoms with Crippen LogP contribution in [0.4, 0.5) is 0 Å². The minimum atomic E-state index is -0.466. The molecular weight excluding hydrogens is 440 g/mol. The third-order valence-corrected chi connectivity index (χ3v) is 5.98. The van der Waals surface area contributed by atoms with Crippen LogP contribution in [-0.2, 0) is 6.42 Å². The zero-order valence-corrected chi connectivity index (χ0v) is 18.6. The number of aromatic amines is 1. The van der Waals surface area contributed by atoms with Gasteiger partial charge in [0.15, 0.2) is 11.5 Å². The van der Waals surface area contributed by atoms with Crippen LogP contribution in [0.15, 0.2) is 66.9 Å². The van der Waals surface area contributed by atoms with Crippen molar-refractivity contribution in [2.24, 2.45) is 0 Å². The number of H-pyrrole nitrogens is 1. The number of carbonyl (C=O) groups excluding carboxylic acids is 1. The van der Waals surface area contributed by atoms with Gasteiger partial charge < -0.3 is 24.9 Å². The van der Waals surface area contributed by atoms with E-state index in [2.05, 4.69) is 10.3 Å². The quantitative estimate of drug-likeness (QED) is 0.391. The summed E-state index contributed by atoms with van der Waals surface area (Å²) in [6.07, 6.45) is 2.40. The molecule has 1 aliphatic heterocycles. The van der Waals surface area contributed by atoms with Gasteiger partial charge in [-0.1, -0.05) is 41.9 Å². The van der Waals surface area contributed by atoms with Crippen LogP contribution in [0.5, 0.6) is 11.5 Å². The number of rotatable bonds is 6. The fourth-order valence-corrected chi connectivity index (χ4v) is 4.34. The molecule has 0 radical (unpaired) electrons. The molecular formula is C26H23ClN2O4. The monoisotopic (exact) mass is 462 g/mol. The Morgan fingerprint density at radius 1 is 1.06 bits per heavy atom. The molecule has 0 spiro atoms. The van der Waals surface area contributed by atoms with Crippen molar-refractivity contribution in [2.75, 3.05) is 19.8 Å². The zero-order chi connectivity index (χ0) is 22.8. The van der Waals surface area contributed by atoms with Crippen LogP contribution >= 0.6 is 11.6 Å². The molecule has 33 heavy (non-hydrogen) atoms. The Labute approximate surface area is 196 Å². The van der Waals surface area contributed by atoms with Crippen molar-refractivity contribution in [3.05, 3.63) is 83.0 Å². The average Bonchev–Trinajstić information content (AvgIpc) is 3.25. The summed E-state index contributed by atoms with van der Waals surface area (Å²) in [5.41, 5.74) is 4.07. The lowest BCUT2D eigenvalue weighted by Crippen LogP contribution is -2.39. The van der Waals surface area contributed by atoms with E-state index in [1.54, 1.807) is 12.1 Å². The fourth-order valence-electron chi connectivity index (χ4n) is 4.15. The molecule has 0 fully saturated rings. The third kappa shape index (κ3) is 4.40. The van der Waals surface area contributed by atoms with Crippen LogP contribution in [0.1, 0.15) is 15.9 Å². The Balaban J connectivity index is 1.44. The summed E-state index contributed by atoms with van der Waals surface area (Å²) in [5.74, 6) is 0.592. The molecule has 0 aliphatic carbocycles. The van der Waals surface area contributed by atoms with Gasteiger partial charge >= 0.3 is 0 Å². The van der Waals surface area contributed by atoms with Crippen molar-refractivity contribution in [3.63, 3.8) is 0 Å². The Morgan fingerprint density at radius 3 is 2.76 bits per heavy atom. The summed E-state index contributed by atoms with van der Waals surface area (Å²) in [5, 5.41) is 14.6. The summed E-state index contributed by atoms with van der Waals surface area (Å²) >= 11 is 6.17. The van der Waals surface area contributed by atoms with E-state index in [1.807, 2.05) is 54.7 Å². The molecule has 3 aromatic carbocycles. The number of aromatic nitrogens is 1. The molecule has 0 unspecified atom stereocenters. The molecule has 3 N–H and O–H groups in total. The van der Waals surface area contributed by atoms with E-state index in [1.165, 1.54) is 0 Å². The van der Waals surface area contributed by atoms with Crippen molar-refractivity contribution < 1.29 is 19.4 Å². The van der Waals surface area contributed by atoms with E-state index in [9.17, 15) is 9.90 Å². The van der Waals surface area contributed by atoms with Crippen LogP contribution in [0.25, 0.3) is 22.0 Å². The number of carbonyl (C=O) groups is 1. The smallest absolute Gasteiger partial charge is 0.255 e. The predicted octanol–water partition coefficient (Wildman–Crippen LogP) is 4.59. The molecule has 1 aliphatic rings. The highest BCUT2D eigenvalue weighted by atomic mass is 35.5. The van der Waals surface area contributed by atoms with E-state index in [-0.39, 0.29) is 12.5 Å². The van der Waals surface area contributed by atoms with Gasteiger partial charge in [0.1, 0.15) is 13.2 Å². The second-order valence-corrected chi connectivity index (χ2v) is 8.41. The number of ether oxygens (including phenoxy) is 2. The van der Waals surface area contributed by atoms with Crippen molar-refractivity contribution in [3.8, 4) is 22.6 Å². The van der Waals surface area contributed by atoms with Gasteiger partial charge in [-0.25, -0.2) is 0 Å².